The third kappa shape index (κ3) is 3.03. The monoisotopic (exact) mass is 303 g/mol. The highest BCUT2D eigenvalue weighted by molar-refractivity contribution is 5.96. The van der Waals surface area contributed by atoms with Crippen molar-refractivity contribution in [1.82, 2.24) is 19.8 Å². The lowest BCUT2D eigenvalue weighted by Crippen LogP contribution is -2.30. The summed E-state index contributed by atoms with van der Waals surface area (Å²) in [4.78, 5) is 12.0. The van der Waals surface area contributed by atoms with Crippen molar-refractivity contribution in [3.63, 3.8) is 0 Å². The summed E-state index contributed by atoms with van der Waals surface area (Å²) in [5.41, 5.74) is 0.534. The van der Waals surface area contributed by atoms with E-state index in [-0.39, 0.29) is 10.9 Å². The summed E-state index contributed by atoms with van der Waals surface area (Å²) >= 11 is 0. The van der Waals surface area contributed by atoms with Crippen molar-refractivity contribution in [1.29, 1.82) is 5.41 Å². The van der Waals surface area contributed by atoms with Gasteiger partial charge in [0, 0.05) is 13.1 Å². The van der Waals surface area contributed by atoms with Crippen LogP contribution in [-0.4, -0.2) is 32.2 Å². The first-order valence-electron chi connectivity index (χ1n) is 7.34. The van der Waals surface area contributed by atoms with Gasteiger partial charge in [0.15, 0.2) is 5.65 Å². The third-order valence-electron chi connectivity index (χ3n) is 3.44. The normalized spacial score (nSPS) is 10.8. The van der Waals surface area contributed by atoms with E-state index in [0.717, 1.165) is 24.0 Å². The molecule has 0 aromatic carbocycles. The Kier molecular flexibility index (Phi) is 4.98. The van der Waals surface area contributed by atoms with Gasteiger partial charge in [-0.05, 0) is 6.42 Å². The molecular formula is C15H21N5O2. The largest absolute Gasteiger partial charge is 0.427 e. The van der Waals surface area contributed by atoms with Crippen molar-refractivity contribution in [2.75, 3.05) is 6.54 Å². The molecule has 0 saturated carbocycles. The second kappa shape index (κ2) is 6.93. The van der Waals surface area contributed by atoms with E-state index in [0.29, 0.717) is 24.1 Å². The molecule has 0 atom stereocenters. The number of rotatable bonds is 7. The first-order valence-corrected chi connectivity index (χ1v) is 7.34. The van der Waals surface area contributed by atoms with Crippen LogP contribution in [0.3, 0.4) is 0 Å². The van der Waals surface area contributed by atoms with E-state index >= 15 is 0 Å². The van der Waals surface area contributed by atoms with E-state index in [2.05, 4.69) is 23.9 Å². The summed E-state index contributed by atoms with van der Waals surface area (Å²) < 4.78 is 2.53. The first-order chi connectivity index (χ1) is 10.6. The number of nitrogens with one attached hydrogen (secondary N) is 2. The van der Waals surface area contributed by atoms with Gasteiger partial charge >= 0.3 is 0 Å². The van der Waals surface area contributed by atoms with Gasteiger partial charge < -0.3 is 10.5 Å². The van der Waals surface area contributed by atoms with Crippen LogP contribution in [0.15, 0.2) is 25.0 Å². The molecule has 0 aliphatic carbocycles. The Morgan fingerprint density at radius 1 is 1.55 bits per heavy atom. The van der Waals surface area contributed by atoms with Gasteiger partial charge in [-0.2, -0.15) is 9.83 Å². The third-order valence-corrected chi connectivity index (χ3v) is 3.44. The van der Waals surface area contributed by atoms with E-state index in [4.69, 9.17) is 5.41 Å². The number of hydrogen-bond acceptors (Lipinski definition) is 4. The number of pyridine rings is 1. The van der Waals surface area contributed by atoms with E-state index in [9.17, 15) is 10.0 Å². The molecule has 2 aromatic rings. The number of carbonyl (C=O) groups is 1. The Balaban J connectivity index is 2.41. The number of nitrogens with zero attached hydrogens (tertiary/aromatic N) is 3. The predicted molar refractivity (Wildman–Crippen MR) is 82.8 cm³/mol. The van der Waals surface area contributed by atoms with Gasteiger partial charge in [0.25, 0.3) is 5.91 Å². The predicted octanol–water partition coefficient (Wildman–Crippen LogP) is 1.66. The number of aromatic nitrogens is 3. The van der Waals surface area contributed by atoms with Crippen molar-refractivity contribution in [2.24, 2.45) is 0 Å². The molecular weight excluding hydrogens is 282 g/mol. The lowest BCUT2D eigenvalue weighted by molar-refractivity contribution is 0.0952. The Bertz CT molecular complexity index is 744. The highest BCUT2D eigenvalue weighted by atomic mass is 16.5. The molecule has 7 heteroatoms. The van der Waals surface area contributed by atoms with Gasteiger partial charge in [0.1, 0.15) is 0 Å². The molecule has 2 heterocycles. The van der Waals surface area contributed by atoms with Crippen molar-refractivity contribution >= 4 is 16.9 Å². The molecule has 2 aromatic heterocycles. The van der Waals surface area contributed by atoms with Crippen molar-refractivity contribution in [2.45, 2.75) is 32.7 Å². The zero-order valence-electron chi connectivity index (χ0n) is 12.7. The Labute approximate surface area is 128 Å². The Morgan fingerprint density at radius 2 is 2.32 bits per heavy atom. The molecule has 0 unspecified atom stereocenters. The Hall–Kier alpha value is -2.57. The summed E-state index contributed by atoms with van der Waals surface area (Å²) in [6.07, 6.45) is 7.43. The standard InChI is InChI=1S/C15H21N5O2/c1-3-5-6-8-19-15-11(9-18-19)13(16)12(10-20(15)22)14(21)17-7-4-2/h4,9-10,16,22H,2-3,5-8H2,1H3,(H,17,21). The van der Waals surface area contributed by atoms with E-state index < -0.39 is 5.91 Å². The number of hydrogen-bond donors (Lipinski definition) is 3. The molecule has 1 amide bonds. The quantitative estimate of drug-likeness (QED) is 0.412. The van der Waals surface area contributed by atoms with Crippen LogP contribution in [0.4, 0.5) is 0 Å². The molecule has 0 spiro atoms. The maximum absolute atomic E-state index is 12.0. The highest BCUT2D eigenvalue weighted by Crippen LogP contribution is 2.11. The molecule has 0 fully saturated rings. The minimum absolute atomic E-state index is 0.0589. The van der Waals surface area contributed by atoms with Crippen molar-refractivity contribution in [3.8, 4) is 0 Å². The van der Waals surface area contributed by atoms with E-state index in [1.54, 1.807) is 10.8 Å². The molecule has 0 saturated heterocycles. The molecule has 0 aliphatic heterocycles. The number of aryl methyl sites for hydroxylation is 1. The second-order valence-corrected chi connectivity index (χ2v) is 5.07. The fraction of sp³-hybridized carbons (Fsp3) is 0.400. The minimum atomic E-state index is -0.423. The SMILES string of the molecule is C=CCNC(=O)c1cn(O)c2c(cnn2CCCCC)c1=N. The second-order valence-electron chi connectivity index (χ2n) is 5.07. The van der Waals surface area contributed by atoms with Crippen LogP contribution in [0.5, 0.6) is 0 Å². The van der Waals surface area contributed by atoms with Crippen LogP contribution < -0.4 is 10.7 Å². The lowest BCUT2D eigenvalue weighted by Gasteiger charge is -2.09. The molecule has 22 heavy (non-hydrogen) atoms. The van der Waals surface area contributed by atoms with Crippen LogP contribution in [0.2, 0.25) is 0 Å². The van der Waals surface area contributed by atoms with E-state index in [1.807, 2.05) is 0 Å². The summed E-state index contributed by atoms with van der Waals surface area (Å²) in [6.45, 7) is 6.61. The fourth-order valence-electron chi connectivity index (χ4n) is 2.30. The van der Waals surface area contributed by atoms with Gasteiger partial charge in [-0.1, -0.05) is 25.8 Å². The van der Waals surface area contributed by atoms with Gasteiger partial charge in [-0.25, -0.2) is 4.68 Å². The molecule has 7 nitrogen and oxygen atoms in total. The molecule has 3 N–H and O–H groups in total. The highest BCUT2D eigenvalue weighted by Gasteiger charge is 2.16. The van der Waals surface area contributed by atoms with Crippen LogP contribution in [0.1, 0.15) is 36.5 Å². The first kappa shape index (κ1) is 15.8. The smallest absolute Gasteiger partial charge is 0.255 e. The van der Waals surface area contributed by atoms with Crippen LogP contribution in [-0.2, 0) is 6.54 Å². The molecule has 2 rings (SSSR count). The topological polar surface area (TPSA) is 95.9 Å². The summed E-state index contributed by atoms with van der Waals surface area (Å²) in [6, 6.07) is 0. The number of unbranched alkanes of at least 4 members (excludes halogenated alkanes) is 2. The van der Waals surface area contributed by atoms with Crippen molar-refractivity contribution < 1.29 is 10.0 Å². The van der Waals surface area contributed by atoms with Crippen LogP contribution in [0, 0.1) is 5.41 Å². The summed E-state index contributed by atoms with van der Waals surface area (Å²) in [7, 11) is 0. The van der Waals surface area contributed by atoms with Crippen molar-refractivity contribution in [3.05, 3.63) is 36.0 Å². The lowest BCUT2D eigenvalue weighted by atomic mass is 10.2. The number of amides is 1. The van der Waals surface area contributed by atoms with E-state index in [1.165, 1.54) is 12.4 Å². The van der Waals surface area contributed by atoms with Gasteiger partial charge in [0.2, 0.25) is 0 Å². The minimum Gasteiger partial charge on any atom is -0.427 e. The average Bonchev–Trinajstić information content (AvgIpc) is 2.93. The number of carbonyl (C=O) groups excluding carboxylic acids is 1. The zero-order chi connectivity index (χ0) is 16.1. The Morgan fingerprint density at radius 3 is 3.00 bits per heavy atom. The maximum Gasteiger partial charge on any atom is 0.255 e. The number of fused-ring (bicyclic) bond motifs is 1. The van der Waals surface area contributed by atoms with Gasteiger partial charge in [0.05, 0.1) is 28.7 Å². The molecule has 0 radical (unpaired) electrons. The van der Waals surface area contributed by atoms with Gasteiger partial charge in [-0.15, -0.1) is 6.58 Å². The van der Waals surface area contributed by atoms with Crippen LogP contribution >= 0.6 is 0 Å². The molecule has 118 valence electrons. The van der Waals surface area contributed by atoms with Gasteiger partial charge in [-0.3, -0.25) is 10.2 Å². The fourth-order valence-corrected chi connectivity index (χ4v) is 2.30. The summed E-state index contributed by atoms with van der Waals surface area (Å²) in [5, 5.41) is 25.6. The van der Waals surface area contributed by atoms with Crippen LogP contribution in [0.25, 0.3) is 11.0 Å². The summed E-state index contributed by atoms with van der Waals surface area (Å²) in [5.74, 6) is -0.423. The average molecular weight is 303 g/mol. The maximum atomic E-state index is 12.0. The molecule has 0 bridgehead atoms. The zero-order valence-corrected chi connectivity index (χ0v) is 12.7. The molecule has 0 aliphatic rings.